The van der Waals surface area contributed by atoms with Crippen molar-refractivity contribution in [3.8, 4) is 0 Å². The minimum Gasteiger partial charge on any atom is -0.424 e. The molecule has 0 aliphatic carbocycles. The van der Waals surface area contributed by atoms with Gasteiger partial charge in [0.2, 0.25) is 0 Å². The molecule has 0 N–H and O–H groups in total. The molecule has 0 aliphatic heterocycles. The lowest BCUT2D eigenvalue weighted by molar-refractivity contribution is 0.466. The first kappa shape index (κ1) is 7.28. The highest BCUT2D eigenvalue weighted by molar-refractivity contribution is 6.29. The van der Waals surface area contributed by atoms with Crippen molar-refractivity contribution in [3.05, 3.63) is 27.0 Å². The summed E-state index contributed by atoms with van der Waals surface area (Å²) in [5.74, 6) is 0.359. The zero-order valence-corrected chi connectivity index (χ0v) is 6.40. The maximum Gasteiger partial charge on any atom is 0.357 e. The number of aryl methyl sites for hydroxylation is 2. The van der Waals surface area contributed by atoms with Crippen molar-refractivity contribution in [1.82, 2.24) is 4.98 Å². The molecule has 0 aliphatic rings. The van der Waals surface area contributed by atoms with E-state index in [1.807, 2.05) is 0 Å². The highest BCUT2D eigenvalue weighted by atomic mass is 35.5. The van der Waals surface area contributed by atoms with Crippen molar-refractivity contribution in [1.29, 1.82) is 0 Å². The number of hydrogen-bond acceptors (Lipinski definition) is 3. The van der Waals surface area contributed by atoms with Gasteiger partial charge in [0.25, 0.3) is 0 Å². The van der Waals surface area contributed by atoms with Gasteiger partial charge in [-0.2, -0.15) is 0 Å². The molecule has 0 atom stereocenters. The van der Waals surface area contributed by atoms with Crippen molar-refractivity contribution < 1.29 is 4.42 Å². The van der Waals surface area contributed by atoms with Gasteiger partial charge in [0, 0.05) is 0 Å². The molecule has 0 bridgehead atoms. The third-order valence-electron chi connectivity index (χ3n) is 1.10. The number of hydrogen-bond donors (Lipinski definition) is 0. The summed E-state index contributed by atoms with van der Waals surface area (Å²) in [5.41, 5.74) is -0.141. The fourth-order valence-corrected chi connectivity index (χ4v) is 0.692. The molecular weight excluding hydrogens is 154 g/mol. The first-order valence-corrected chi connectivity index (χ1v) is 3.13. The summed E-state index contributed by atoms with van der Waals surface area (Å²) in [6.45, 7) is 3.15. The fourth-order valence-electron chi connectivity index (χ4n) is 0.527. The van der Waals surface area contributed by atoms with Gasteiger partial charge in [-0.25, -0.2) is 9.78 Å². The van der Waals surface area contributed by atoms with Crippen molar-refractivity contribution in [3.63, 3.8) is 0 Å². The number of rotatable bonds is 0. The summed E-state index contributed by atoms with van der Waals surface area (Å²) in [6.07, 6.45) is 0. The Bertz CT molecular complexity index is 305. The SMILES string of the molecule is Cc1oc(=O)c(C)nc1Cl. The quantitative estimate of drug-likeness (QED) is 0.573. The second-order valence-corrected chi connectivity index (χ2v) is 2.29. The van der Waals surface area contributed by atoms with Crippen LogP contribution in [0.2, 0.25) is 5.15 Å². The minimum atomic E-state index is -0.429. The van der Waals surface area contributed by atoms with Crippen LogP contribution < -0.4 is 5.63 Å². The van der Waals surface area contributed by atoms with E-state index in [1.165, 1.54) is 0 Å². The molecule has 0 amide bonds. The average Bonchev–Trinajstić information content (AvgIpc) is 1.84. The van der Waals surface area contributed by atoms with E-state index in [0.29, 0.717) is 5.76 Å². The fraction of sp³-hybridized carbons (Fsp3) is 0.333. The Hall–Kier alpha value is -0.830. The van der Waals surface area contributed by atoms with Crippen LogP contribution in [-0.2, 0) is 0 Å². The average molecular weight is 160 g/mol. The lowest BCUT2D eigenvalue weighted by Crippen LogP contribution is -2.06. The van der Waals surface area contributed by atoms with Gasteiger partial charge in [-0.15, -0.1) is 0 Å². The Morgan fingerprint density at radius 2 is 2.10 bits per heavy atom. The van der Waals surface area contributed by atoms with E-state index in [2.05, 4.69) is 9.40 Å². The zero-order chi connectivity index (χ0) is 7.72. The Balaban J connectivity index is 3.43. The van der Waals surface area contributed by atoms with Gasteiger partial charge in [0.1, 0.15) is 11.5 Å². The summed E-state index contributed by atoms with van der Waals surface area (Å²) < 4.78 is 4.69. The second kappa shape index (κ2) is 2.42. The smallest absolute Gasteiger partial charge is 0.357 e. The van der Waals surface area contributed by atoms with E-state index in [4.69, 9.17) is 11.6 Å². The Morgan fingerprint density at radius 1 is 1.50 bits per heavy atom. The molecule has 0 spiro atoms. The molecule has 0 aromatic carbocycles. The van der Waals surface area contributed by atoms with Crippen LogP contribution in [0.1, 0.15) is 11.5 Å². The summed E-state index contributed by atoms with van der Waals surface area (Å²) in [5, 5.41) is 0.247. The molecule has 0 radical (unpaired) electrons. The minimum absolute atomic E-state index is 0.247. The predicted octanol–water partition coefficient (Wildman–Crippen LogP) is 1.31. The van der Waals surface area contributed by atoms with Crippen LogP contribution in [0.4, 0.5) is 0 Å². The molecule has 1 aromatic heterocycles. The van der Waals surface area contributed by atoms with E-state index >= 15 is 0 Å². The van der Waals surface area contributed by atoms with E-state index in [1.54, 1.807) is 13.8 Å². The van der Waals surface area contributed by atoms with Crippen LogP contribution in [0.25, 0.3) is 0 Å². The Morgan fingerprint density at radius 3 is 2.60 bits per heavy atom. The topological polar surface area (TPSA) is 43.1 Å². The third kappa shape index (κ3) is 1.19. The van der Waals surface area contributed by atoms with Crippen molar-refractivity contribution in [2.24, 2.45) is 0 Å². The molecular formula is C6H6ClNO2. The predicted molar refractivity (Wildman–Crippen MR) is 37.3 cm³/mol. The van der Waals surface area contributed by atoms with E-state index in [-0.39, 0.29) is 10.8 Å². The molecule has 4 heteroatoms. The summed E-state index contributed by atoms with van der Waals surface area (Å²) in [7, 11) is 0. The molecule has 10 heavy (non-hydrogen) atoms. The van der Waals surface area contributed by atoms with Crippen LogP contribution in [0.5, 0.6) is 0 Å². The van der Waals surface area contributed by atoms with Gasteiger partial charge in [0.05, 0.1) is 0 Å². The van der Waals surface area contributed by atoms with Gasteiger partial charge in [0.15, 0.2) is 5.15 Å². The number of aromatic nitrogens is 1. The van der Waals surface area contributed by atoms with Crippen molar-refractivity contribution in [2.75, 3.05) is 0 Å². The first-order valence-electron chi connectivity index (χ1n) is 2.75. The maximum absolute atomic E-state index is 10.7. The van der Waals surface area contributed by atoms with E-state index in [0.717, 1.165) is 0 Å². The van der Waals surface area contributed by atoms with Gasteiger partial charge in [-0.05, 0) is 13.8 Å². The third-order valence-corrected chi connectivity index (χ3v) is 1.45. The van der Waals surface area contributed by atoms with E-state index < -0.39 is 5.63 Å². The molecule has 1 heterocycles. The van der Waals surface area contributed by atoms with Crippen LogP contribution >= 0.6 is 11.6 Å². The summed E-state index contributed by atoms with van der Waals surface area (Å²) in [6, 6.07) is 0. The lowest BCUT2D eigenvalue weighted by atomic mass is 10.5. The maximum atomic E-state index is 10.7. The van der Waals surface area contributed by atoms with Gasteiger partial charge in [-0.1, -0.05) is 11.6 Å². The van der Waals surface area contributed by atoms with Crippen LogP contribution in [0.15, 0.2) is 9.21 Å². The molecule has 3 nitrogen and oxygen atoms in total. The molecule has 0 unspecified atom stereocenters. The molecule has 54 valence electrons. The van der Waals surface area contributed by atoms with Gasteiger partial charge >= 0.3 is 5.63 Å². The molecule has 0 fully saturated rings. The van der Waals surface area contributed by atoms with Crippen molar-refractivity contribution in [2.45, 2.75) is 13.8 Å². The zero-order valence-electron chi connectivity index (χ0n) is 5.64. The standard InChI is InChI=1S/C6H6ClNO2/c1-3-6(9)10-4(2)5(7)8-3/h1-2H3. The molecule has 1 aromatic rings. The first-order chi connectivity index (χ1) is 4.61. The second-order valence-electron chi connectivity index (χ2n) is 1.93. The molecule has 0 saturated heterocycles. The largest absolute Gasteiger partial charge is 0.424 e. The van der Waals surface area contributed by atoms with Crippen LogP contribution in [-0.4, -0.2) is 4.98 Å². The van der Waals surface area contributed by atoms with E-state index in [9.17, 15) is 4.79 Å². The van der Waals surface area contributed by atoms with Crippen LogP contribution in [0.3, 0.4) is 0 Å². The summed E-state index contributed by atoms with van der Waals surface area (Å²) >= 11 is 5.54. The lowest BCUT2D eigenvalue weighted by Gasteiger charge is -1.93. The Kier molecular flexibility index (Phi) is 1.76. The van der Waals surface area contributed by atoms with Gasteiger partial charge < -0.3 is 4.42 Å². The van der Waals surface area contributed by atoms with Crippen LogP contribution in [0, 0.1) is 13.8 Å². The normalized spacial score (nSPS) is 9.90. The molecule has 0 saturated carbocycles. The molecule has 1 rings (SSSR count). The highest BCUT2D eigenvalue weighted by Gasteiger charge is 2.02. The van der Waals surface area contributed by atoms with Gasteiger partial charge in [-0.3, -0.25) is 0 Å². The highest BCUT2D eigenvalue weighted by Crippen LogP contribution is 2.07. The number of halogens is 1. The monoisotopic (exact) mass is 159 g/mol. The summed E-state index contributed by atoms with van der Waals surface area (Å²) in [4.78, 5) is 14.4. The van der Waals surface area contributed by atoms with Crippen molar-refractivity contribution >= 4 is 11.6 Å². The Labute approximate surface area is 62.7 Å². The number of nitrogens with zero attached hydrogens (tertiary/aromatic N) is 1.